The Bertz CT molecular complexity index is 449. The third-order valence-electron chi connectivity index (χ3n) is 4.07. The maximum atomic E-state index is 6.14. The number of nitrogen functional groups attached to an aromatic ring is 1. The molecule has 1 aromatic carbocycles. The first-order valence-corrected chi connectivity index (χ1v) is 6.97. The first-order valence-electron chi connectivity index (χ1n) is 6.59. The summed E-state index contributed by atoms with van der Waals surface area (Å²) in [6, 6.07) is 3.99. The van der Waals surface area contributed by atoms with Crippen LogP contribution < -0.4 is 10.6 Å². The van der Waals surface area contributed by atoms with Crippen LogP contribution in [0.15, 0.2) is 12.1 Å². The van der Waals surface area contributed by atoms with Gasteiger partial charge >= 0.3 is 0 Å². The predicted molar refractivity (Wildman–Crippen MR) is 80.4 cm³/mol. The zero-order valence-corrected chi connectivity index (χ0v) is 12.5. The Morgan fingerprint density at radius 2 is 2.00 bits per heavy atom. The van der Waals surface area contributed by atoms with Gasteiger partial charge in [-0.2, -0.15) is 0 Å². The Hall–Kier alpha value is -0.890. The van der Waals surface area contributed by atoms with Crippen molar-refractivity contribution in [2.45, 2.75) is 34.1 Å². The Morgan fingerprint density at radius 1 is 1.33 bits per heavy atom. The minimum absolute atomic E-state index is 0.375. The summed E-state index contributed by atoms with van der Waals surface area (Å²) in [4.78, 5) is 2.44. The molecule has 2 nitrogen and oxygen atoms in total. The highest BCUT2D eigenvalue weighted by atomic mass is 35.5. The Labute approximate surface area is 115 Å². The highest BCUT2D eigenvalue weighted by Crippen LogP contribution is 2.38. The van der Waals surface area contributed by atoms with E-state index >= 15 is 0 Å². The molecule has 1 fully saturated rings. The molecule has 2 rings (SSSR count). The van der Waals surface area contributed by atoms with E-state index in [1.807, 2.05) is 12.1 Å². The van der Waals surface area contributed by atoms with Crippen molar-refractivity contribution in [1.29, 1.82) is 0 Å². The lowest BCUT2D eigenvalue weighted by molar-refractivity contribution is 0.263. The van der Waals surface area contributed by atoms with E-state index in [4.69, 9.17) is 17.3 Å². The topological polar surface area (TPSA) is 29.3 Å². The molecule has 0 aromatic heterocycles. The van der Waals surface area contributed by atoms with E-state index in [0.29, 0.717) is 16.1 Å². The van der Waals surface area contributed by atoms with Crippen LogP contribution in [0.1, 0.15) is 32.8 Å². The molecule has 1 unspecified atom stereocenters. The van der Waals surface area contributed by atoms with Crippen LogP contribution >= 0.6 is 11.6 Å². The summed E-state index contributed by atoms with van der Waals surface area (Å²) in [5, 5.41) is 0.662. The molecule has 0 spiro atoms. The van der Waals surface area contributed by atoms with Crippen LogP contribution in [-0.2, 0) is 0 Å². The van der Waals surface area contributed by atoms with Crippen molar-refractivity contribution < 1.29 is 0 Å². The van der Waals surface area contributed by atoms with Gasteiger partial charge in [0.2, 0.25) is 0 Å². The molecular formula is C15H23ClN2. The smallest absolute Gasteiger partial charge is 0.0656 e. The molecule has 100 valence electrons. The Morgan fingerprint density at radius 3 is 2.56 bits per heavy atom. The average Bonchev–Trinajstić information content (AvgIpc) is 2.72. The lowest BCUT2D eigenvalue weighted by Crippen LogP contribution is -2.26. The van der Waals surface area contributed by atoms with Crippen molar-refractivity contribution in [2.75, 3.05) is 23.7 Å². The van der Waals surface area contributed by atoms with Gasteiger partial charge in [0, 0.05) is 18.8 Å². The van der Waals surface area contributed by atoms with Crippen LogP contribution in [0.4, 0.5) is 11.4 Å². The molecule has 1 saturated heterocycles. The van der Waals surface area contributed by atoms with E-state index in [9.17, 15) is 0 Å². The number of benzene rings is 1. The monoisotopic (exact) mass is 266 g/mol. The van der Waals surface area contributed by atoms with E-state index in [1.54, 1.807) is 0 Å². The molecule has 1 heterocycles. The number of rotatable bonds is 1. The first kappa shape index (κ1) is 13.5. The summed E-state index contributed by atoms with van der Waals surface area (Å²) in [7, 11) is 0. The minimum Gasteiger partial charge on any atom is -0.398 e. The third kappa shape index (κ3) is 2.59. The van der Waals surface area contributed by atoms with Gasteiger partial charge in [0.05, 0.1) is 10.7 Å². The van der Waals surface area contributed by atoms with Crippen LogP contribution in [0.5, 0.6) is 0 Å². The van der Waals surface area contributed by atoms with E-state index in [1.165, 1.54) is 17.7 Å². The van der Waals surface area contributed by atoms with Gasteiger partial charge in [0.1, 0.15) is 0 Å². The van der Waals surface area contributed by atoms with Crippen molar-refractivity contribution in [3.63, 3.8) is 0 Å². The second-order valence-electron chi connectivity index (χ2n) is 6.46. The SMILES string of the molecule is Cc1cc(N)c(Cl)cc1N1CCC(C(C)(C)C)C1. The highest BCUT2D eigenvalue weighted by molar-refractivity contribution is 6.33. The van der Waals surface area contributed by atoms with Gasteiger partial charge in [-0.1, -0.05) is 32.4 Å². The van der Waals surface area contributed by atoms with Crippen molar-refractivity contribution in [3.05, 3.63) is 22.7 Å². The zero-order valence-electron chi connectivity index (χ0n) is 11.8. The molecule has 0 aliphatic carbocycles. The van der Waals surface area contributed by atoms with Crippen molar-refractivity contribution in [3.8, 4) is 0 Å². The summed E-state index contributed by atoms with van der Waals surface area (Å²) >= 11 is 6.14. The largest absolute Gasteiger partial charge is 0.398 e. The molecule has 1 atom stereocenters. The summed E-state index contributed by atoms with van der Waals surface area (Å²) in [6.45, 7) is 11.3. The number of hydrogen-bond acceptors (Lipinski definition) is 2. The second kappa shape index (κ2) is 4.65. The fourth-order valence-electron chi connectivity index (χ4n) is 2.72. The molecule has 0 amide bonds. The number of halogens is 1. The molecule has 1 aliphatic heterocycles. The van der Waals surface area contributed by atoms with Crippen LogP contribution in [0, 0.1) is 18.3 Å². The van der Waals surface area contributed by atoms with Crippen molar-refractivity contribution in [2.24, 2.45) is 11.3 Å². The summed E-state index contributed by atoms with van der Waals surface area (Å²) in [5.41, 5.74) is 9.33. The van der Waals surface area contributed by atoms with Gasteiger partial charge in [-0.05, 0) is 42.4 Å². The quantitative estimate of drug-likeness (QED) is 0.776. The molecule has 0 bridgehead atoms. The molecule has 1 aliphatic rings. The van der Waals surface area contributed by atoms with Gasteiger partial charge in [-0.15, -0.1) is 0 Å². The van der Waals surface area contributed by atoms with Crippen molar-refractivity contribution in [1.82, 2.24) is 0 Å². The maximum Gasteiger partial charge on any atom is 0.0656 e. The molecular weight excluding hydrogens is 244 g/mol. The van der Waals surface area contributed by atoms with Gasteiger partial charge in [-0.3, -0.25) is 0 Å². The number of nitrogens with two attached hydrogens (primary N) is 1. The molecule has 0 radical (unpaired) electrons. The van der Waals surface area contributed by atoms with Crippen LogP contribution in [0.2, 0.25) is 5.02 Å². The molecule has 3 heteroatoms. The predicted octanol–water partition coefficient (Wildman–Crippen LogP) is 4.10. The Kier molecular flexibility index (Phi) is 3.50. The van der Waals surface area contributed by atoms with Gasteiger partial charge in [0.25, 0.3) is 0 Å². The average molecular weight is 267 g/mol. The zero-order chi connectivity index (χ0) is 13.5. The van der Waals surface area contributed by atoms with Crippen LogP contribution in [0.25, 0.3) is 0 Å². The fourth-order valence-corrected chi connectivity index (χ4v) is 2.88. The number of hydrogen-bond donors (Lipinski definition) is 1. The second-order valence-corrected chi connectivity index (χ2v) is 6.87. The lowest BCUT2D eigenvalue weighted by Gasteiger charge is -2.28. The molecule has 1 aromatic rings. The van der Waals surface area contributed by atoms with Gasteiger partial charge in [-0.25, -0.2) is 0 Å². The van der Waals surface area contributed by atoms with E-state index in [0.717, 1.165) is 19.0 Å². The summed E-state index contributed by atoms with van der Waals surface area (Å²) in [5.74, 6) is 0.744. The molecule has 18 heavy (non-hydrogen) atoms. The summed E-state index contributed by atoms with van der Waals surface area (Å²) in [6.07, 6.45) is 1.25. The standard InChI is InChI=1S/C15H23ClN2/c1-10-7-13(17)12(16)8-14(10)18-6-5-11(9-18)15(2,3)4/h7-8,11H,5-6,9,17H2,1-4H3. The van der Waals surface area contributed by atoms with E-state index in [2.05, 4.69) is 32.6 Å². The molecule has 2 N–H and O–H groups in total. The van der Waals surface area contributed by atoms with E-state index < -0.39 is 0 Å². The highest BCUT2D eigenvalue weighted by Gasteiger charge is 2.32. The number of anilines is 2. The van der Waals surface area contributed by atoms with Crippen LogP contribution in [-0.4, -0.2) is 13.1 Å². The van der Waals surface area contributed by atoms with Gasteiger partial charge in [0.15, 0.2) is 0 Å². The lowest BCUT2D eigenvalue weighted by atomic mass is 9.80. The Balaban J connectivity index is 2.22. The van der Waals surface area contributed by atoms with Gasteiger partial charge < -0.3 is 10.6 Å². The first-order chi connectivity index (χ1) is 8.29. The minimum atomic E-state index is 0.375. The number of aryl methyl sites for hydroxylation is 1. The molecule has 0 saturated carbocycles. The van der Waals surface area contributed by atoms with E-state index in [-0.39, 0.29) is 0 Å². The number of nitrogens with zero attached hydrogens (tertiary/aromatic N) is 1. The normalized spacial score (nSPS) is 20.5. The maximum absolute atomic E-state index is 6.14. The fraction of sp³-hybridized carbons (Fsp3) is 0.600. The van der Waals surface area contributed by atoms with Crippen LogP contribution in [0.3, 0.4) is 0 Å². The third-order valence-corrected chi connectivity index (χ3v) is 4.40. The van der Waals surface area contributed by atoms with Crippen molar-refractivity contribution >= 4 is 23.0 Å². The summed E-state index contributed by atoms with van der Waals surface area (Å²) < 4.78 is 0.